The number of allylic oxidation sites excluding steroid dienone is 10. The van der Waals surface area contributed by atoms with Crippen molar-refractivity contribution in [3.05, 3.63) is 72.9 Å². The minimum atomic E-state index is -0.380. The predicted octanol–water partition coefficient (Wildman–Crippen LogP) is 6.85. The number of aliphatic hydroxyl groups is 1. The van der Waals surface area contributed by atoms with E-state index in [1.165, 1.54) is 19.3 Å². The van der Waals surface area contributed by atoms with Gasteiger partial charge in [-0.3, -0.25) is 0 Å². The summed E-state index contributed by atoms with van der Waals surface area (Å²) >= 11 is 0. The highest BCUT2D eigenvalue weighted by Gasteiger charge is 1.92. The topological polar surface area (TPSA) is 20.2 Å². The monoisotopic (exact) mass is 328 g/mol. The Hall–Kier alpha value is -1.60. The van der Waals surface area contributed by atoms with E-state index in [-0.39, 0.29) is 6.10 Å². The quantitative estimate of drug-likeness (QED) is 0.210. The van der Waals surface area contributed by atoms with E-state index < -0.39 is 0 Å². The van der Waals surface area contributed by atoms with Gasteiger partial charge in [-0.2, -0.15) is 0 Å². The fraction of sp³-hybridized carbons (Fsp3) is 0.478. The van der Waals surface area contributed by atoms with E-state index in [4.69, 9.17) is 0 Å². The lowest BCUT2D eigenvalue weighted by Crippen LogP contribution is -1.98. The molecule has 134 valence electrons. The maximum absolute atomic E-state index is 9.68. The molecule has 24 heavy (non-hydrogen) atoms. The maximum atomic E-state index is 9.68. The molecule has 0 saturated heterocycles. The summed E-state index contributed by atoms with van der Waals surface area (Å²) in [4.78, 5) is 0. The van der Waals surface area contributed by atoms with E-state index in [9.17, 15) is 5.11 Å². The Labute approximate surface area is 149 Å². The van der Waals surface area contributed by atoms with Gasteiger partial charge in [0.1, 0.15) is 0 Å². The van der Waals surface area contributed by atoms with Crippen LogP contribution in [0.1, 0.15) is 65.2 Å². The van der Waals surface area contributed by atoms with Crippen LogP contribution in [0.25, 0.3) is 0 Å². The number of aliphatic hydroxyl groups excluding tert-OH is 1. The highest BCUT2D eigenvalue weighted by molar-refractivity contribution is 5.08. The molecule has 1 heteroatoms. The van der Waals surface area contributed by atoms with Crippen molar-refractivity contribution in [3.63, 3.8) is 0 Å². The molecule has 0 spiro atoms. The molecule has 0 aliphatic rings. The Bertz CT molecular complexity index is 421. The van der Waals surface area contributed by atoms with Crippen molar-refractivity contribution < 1.29 is 5.11 Å². The van der Waals surface area contributed by atoms with Crippen LogP contribution in [-0.2, 0) is 0 Å². The first-order valence-corrected chi connectivity index (χ1v) is 9.42. The standard InChI is InChI=1S/C23H36O/c1-3-5-7-8-9-10-11-12-13-14-15-16-17-18-20-22-23(24)21-19-6-4-2/h6,8-9,11-12,14-15,17-20,22-24H,3-5,7,10,13,16,21H2,1-2H3/b9-8-,12-11-,15-14-,18-17-,19-6-,22-20+. The number of hydrogen-bond donors (Lipinski definition) is 1. The molecule has 0 radical (unpaired) electrons. The molecular formula is C23H36O. The lowest BCUT2D eigenvalue weighted by molar-refractivity contribution is 0.227. The summed E-state index contributed by atoms with van der Waals surface area (Å²) in [6.07, 6.45) is 33.3. The van der Waals surface area contributed by atoms with Crippen LogP contribution >= 0.6 is 0 Å². The Morgan fingerprint density at radius 2 is 1.33 bits per heavy atom. The van der Waals surface area contributed by atoms with Crippen molar-refractivity contribution in [1.82, 2.24) is 0 Å². The van der Waals surface area contributed by atoms with E-state index in [2.05, 4.69) is 62.5 Å². The average Bonchev–Trinajstić information content (AvgIpc) is 2.58. The third-order valence-corrected chi connectivity index (χ3v) is 3.40. The summed E-state index contributed by atoms with van der Waals surface area (Å²) in [6.45, 7) is 4.32. The van der Waals surface area contributed by atoms with Crippen molar-refractivity contribution in [2.45, 2.75) is 71.3 Å². The van der Waals surface area contributed by atoms with Crippen LogP contribution < -0.4 is 0 Å². The van der Waals surface area contributed by atoms with Crippen LogP contribution in [0.3, 0.4) is 0 Å². The molecule has 0 aliphatic carbocycles. The lowest BCUT2D eigenvalue weighted by Gasteiger charge is -1.98. The number of unbranched alkanes of at least 4 members (excludes halogenated alkanes) is 2. The summed E-state index contributed by atoms with van der Waals surface area (Å²) in [5, 5.41) is 9.68. The van der Waals surface area contributed by atoms with Gasteiger partial charge in [-0.15, -0.1) is 0 Å². The Morgan fingerprint density at radius 1 is 0.708 bits per heavy atom. The largest absolute Gasteiger partial charge is 0.389 e. The molecule has 0 aromatic rings. The minimum absolute atomic E-state index is 0.380. The molecule has 0 rings (SSSR count). The van der Waals surface area contributed by atoms with Crippen molar-refractivity contribution in [1.29, 1.82) is 0 Å². The van der Waals surface area contributed by atoms with E-state index in [1.54, 1.807) is 0 Å². The summed E-state index contributed by atoms with van der Waals surface area (Å²) < 4.78 is 0. The fourth-order valence-electron chi connectivity index (χ4n) is 1.99. The molecule has 0 saturated carbocycles. The van der Waals surface area contributed by atoms with Crippen molar-refractivity contribution in [2.75, 3.05) is 0 Å². The van der Waals surface area contributed by atoms with Gasteiger partial charge >= 0.3 is 0 Å². The zero-order valence-corrected chi connectivity index (χ0v) is 15.6. The molecule has 0 bridgehead atoms. The van der Waals surface area contributed by atoms with E-state index >= 15 is 0 Å². The maximum Gasteiger partial charge on any atom is 0.0758 e. The van der Waals surface area contributed by atoms with Gasteiger partial charge in [0.15, 0.2) is 0 Å². The number of rotatable bonds is 14. The van der Waals surface area contributed by atoms with Gasteiger partial charge in [0.2, 0.25) is 0 Å². The summed E-state index contributed by atoms with van der Waals surface area (Å²) in [7, 11) is 0. The van der Waals surface area contributed by atoms with Crippen LogP contribution in [-0.4, -0.2) is 11.2 Å². The minimum Gasteiger partial charge on any atom is -0.389 e. The van der Waals surface area contributed by atoms with Crippen molar-refractivity contribution in [2.24, 2.45) is 0 Å². The van der Waals surface area contributed by atoms with Gasteiger partial charge in [-0.25, -0.2) is 0 Å². The molecule has 0 fully saturated rings. The first-order valence-electron chi connectivity index (χ1n) is 9.42. The third-order valence-electron chi connectivity index (χ3n) is 3.40. The van der Waals surface area contributed by atoms with Crippen molar-refractivity contribution in [3.8, 4) is 0 Å². The summed E-state index contributed by atoms with van der Waals surface area (Å²) in [5.41, 5.74) is 0. The molecule has 1 unspecified atom stereocenters. The zero-order valence-electron chi connectivity index (χ0n) is 15.6. The average molecular weight is 329 g/mol. The van der Waals surface area contributed by atoms with Gasteiger partial charge in [-0.05, 0) is 38.5 Å². The first-order chi connectivity index (χ1) is 11.8. The van der Waals surface area contributed by atoms with Gasteiger partial charge < -0.3 is 5.11 Å². The summed E-state index contributed by atoms with van der Waals surface area (Å²) in [5.74, 6) is 0. The van der Waals surface area contributed by atoms with Gasteiger partial charge in [-0.1, -0.05) is 99.6 Å². The van der Waals surface area contributed by atoms with Gasteiger partial charge in [0, 0.05) is 0 Å². The molecule has 0 amide bonds. The Kier molecular flexibility index (Phi) is 18.2. The lowest BCUT2D eigenvalue weighted by atomic mass is 10.2. The van der Waals surface area contributed by atoms with Crippen LogP contribution in [0, 0.1) is 0 Å². The highest BCUT2D eigenvalue weighted by atomic mass is 16.3. The van der Waals surface area contributed by atoms with E-state index in [1.807, 2.05) is 24.3 Å². The molecule has 1 N–H and O–H groups in total. The highest BCUT2D eigenvalue weighted by Crippen LogP contribution is 1.99. The van der Waals surface area contributed by atoms with Crippen LogP contribution in [0.2, 0.25) is 0 Å². The SMILES string of the molecule is CC/C=C\CC(O)/C=C/C=C\C/C=C\C/C=C\C/C=C\CCCC. The predicted molar refractivity (Wildman–Crippen MR) is 109 cm³/mol. The van der Waals surface area contributed by atoms with Crippen LogP contribution in [0.15, 0.2) is 72.9 Å². The second kappa shape index (κ2) is 19.4. The van der Waals surface area contributed by atoms with Crippen LogP contribution in [0.4, 0.5) is 0 Å². The Morgan fingerprint density at radius 3 is 1.96 bits per heavy atom. The van der Waals surface area contributed by atoms with Crippen LogP contribution in [0.5, 0.6) is 0 Å². The third kappa shape index (κ3) is 18.4. The molecule has 0 aromatic carbocycles. The molecule has 0 aliphatic heterocycles. The van der Waals surface area contributed by atoms with Crippen molar-refractivity contribution >= 4 is 0 Å². The smallest absolute Gasteiger partial charge is 0.0758 e. The molecule has 0 heterocycles. The second-order valence-corrected chi connectivity index (χ2v) is 5.76. The Balaban J connectivity index is 3.63. The first kappa shape index (κ1) is 22.4. The van der Waals surface area contributed by atoms with E-state index in [0.29, 0.717) is 6.42 Å². The van der Waals surface area contributed by atoms with Gasteiger partial charge in [0.25, 0.3) is 0 Å². The molecular weight excluding hydrogens is 292 g/mol. The fourth-order valence-corrected chi connectivity index (χ4v) is 1.99. The molecule has 0 aromatic heterocycles. The molecule has 1 nitrogen and oxygen atoms in total. The summed E-state index contributed by atoms with van der Waals surface area (Å²) in [6, 6.07) is 0. The zero-order chi connectivity index (χ0) is 17.7. The number of hydrogen-bond acceptors (Lipinski definition) is 1. The molecule has 1 atom stereocenters. The second-order valence-electron chi connectivity index (χ2n) is 5.76. The normalized spacial score (nSPS) is 14.6. The van der Waals surface area contributed by atoms with Gasteiger partial charge in [0.05, 0.1) is 6.10 Å². The van der Waals surface area contributed by atoms with E-state index in [0.717, 1.165) is 25.7 Å².